The minimum absolute atomic E-state index is 0.116. The van der Waals surface area contributed by atoms with Gasteiger partial charge in [0.25, 0.3) is 0 Å². The first kappa shape index (κ1) is 17.5. The van der Waals surface area contributed by atoms with Crippen LogP contribution in [0.5, 0.6) is 5.75 Å². The summed E-state index contributed by atoms with van der Waals surface area (Å²) in [7, 11) is 0. The number of benzene rings is 1. The molecule has 1 N–H and O–H groups in total. The third-order valence-corrected chi connectivity index (χ3v) is 3.78. The molecule has 0 spiro atoms. The van der Waals surface area contributed by atoms with Gasteiger partial charge < -0.3 is 9.84 Å². The Labute approximate surface area is 145 Å². The van der Waals surface area contributed by atoms with Gasteiger partial charge in [0.2, 0.25) is 0 Å². The van der Waals surface area contributed by atoms with Gasteiger partial charge in [0, 0.05) is 12.4 Å². The number of hydrogen-bond acceptors (Lipinski definition) is 4. The third kappa shape index (κ3) is 3.85. The number of aliphatic hydroxyl groups is 1. The molecule has 0 saturated heterocycles. The van der Waals surface area contributed by atoms with Gasteiger partial charge in [-0.3, -0.25) is 9.67 Å². The molecule has 0 bridgehead atoms. The first-order chi connectivity index (χ1) is 11.9. The van der Waals surface area contributed by atoms with Crippen molar-refractivity contribution in [1.29, 1.82) is 0 Å². The molecule has 1 aromatic carbocycles. The Morgan fingerprint density at radius 3 is 2.72 bits per heavy atom. The molecule has 2 aromatic heterocycles. The molecule has 25 heavy (non-hydrogen) atoms. The number of fused-ring (bicyclic) bond motifs is 1. The Kier molecular flexibility index (Phi) is 4.82. The van der Waals surface area contributed by atoms with Gasteiger partial charge in [-0.25, -0.2) is 0 Å². The number of rotatable bonds is 5. The van der Waals surface area contributed by atoms with Crippen molar-refractivity contribution in [2.45, 2.75) is 18.8 Å². The zero-order valence-electron chi connectivity index (χ0n) is 12.7. The SMILES string of the molecule is O[C@H](COc1ccccc1Cl)Cn1nc(C(F)(F)F)c2cnccc21. The molecule has 2 heterocycles. The smallest absolute Gasteiger partial charge is 0.435 e. The summed E-state index contributed by atoms with van der Waals surface area (Å²) < 4.78 is 45.7. The van der Waals surface area contributed by atoms with E-state index in [2.05, 4.69) is 10.1 Å². The Morgan fingerprint density at radius 2 is 2.00 bits per heavy atom. The van der Waals surface area contributed by atoms with Crippen molar-refractivity contribution in [1.82, 2.24) is 14.8 Å². The Hall–Kier alpha value is -2.32. The lowest BCUT2D eigenvalue weighted by atomic mass is 10.2. The highest BCUT2D eigenvalue weighted by Gasteiger charge is 2.37. The van der Waals surface area contributed by atoms with E-state index < -0.39 is 18.0 Å². The maximum atomic E-state index is 13.1. The summed E-state index contributed by atoms with van der Waals surface area (Å²) in [4.78, 5) is 3.71. The number of alkyl halides is 3. The molecule has 0 aliphatic rings. The predicted octanol–water partition coefficient (Wildman–Crippen LogP) is 3.54. The fourth-order valence-electron chi connectivity index (χ4n) is 2.37. The molecular formula is C16H13ClF3N3O2. The average Bonchev–Trinajstić information content (AvgIpc) is 2.93. The monoisotopic (exact) mass is 371 g/mol. The summed E-state index contributed by atoms with van der Waals surface area (Å²) in [5.41, 5.74) is -0.797. The zero-order valence-corrected chi connectivity index (χ0v) is 13.5. The number of halogens is 4. The van der Waals surface area contributed by atoms with Crippen molar-refractivity contribution in [3.05, 3.63) is 53.4 Å². The quantitative estimate of drug-likeness (QED) is 0.745. The number of hydrogen-bond donors (Lipinski definition) is 1. The van der Waals surface area contributed by atoms with Crippen molar-refractivity contribution in [3.63, 3.8) is 0 Å². The Bertz CT molecular complexity index is 882. The van der Waals surface area contributed by atoms with Gasteiger partial charge in [-0.2, -0.15) is 18.3 Å². The van der Waals surface area contributed by atoms with Crippen molar-refractivity contribution in [2.75, 3.05) is 6.61 Å². The molecule has 1 atom stereocenters. The van der Waals surface area contributed by atoms with Crippen LogP contribution in [0.2, 0.25) is 5.02 Å². The second-order valence-corrected chi connectivity index (χ2v) is 5.72. The highest BCUT2D eigenvalue weighted by atomic mass is 35.5. The lowest BCUT2D eigenvalue weighted by Crippen LogP contribution is -2.24. The lowest BCUT2D eigenvalue weighted by molar-refractivity contribution is -0.140. The van der Waals surface area contributed by atoms with E-state index in [0.717, 1.165) is 10.9 Å². The minimum Gasteiger partial charge on any atom is -0.489 e. The van der Waals surface area contributed by atoms with Crippen LogP contribution in [0.4, 0.5) is 13.2 Å². The number of pyridine rings is 1. The van der Waals surface area contributed by atoms with Crippen LogP contribution in [0.15, 0.2) is 42.7 Å². The summed E-state index contributed by atoms with van der Waals surface area (Å²) in [6.45, 7) is -0.307. The van der Waals surface area contributed by atoms with Gasteiger partial charge in [-0.05, 0) is 18.2 Å². The van der Waals surface area contributed by atoms with E-state index in [4.69, 9.17) is 16.3 Å². The number of aliphatic hydroxyl groups excluding tert-OH is 1. The van der Waals surface area contributed by atoms with Crippen LogP contribution >= 0.6 is 11.6 Å². The molecular weight excluding hydrogens is 359 g/mol. The first-order valence-electron chi connectivity index (χ1n) is 7.29. The lowest BCUT2D eigenvalue weighted by Gasteiger charge is -2.14. The van der Waals surface area contributed by atoms with Crippen LogP contribution in [-0.4, -0.2) is 32.6 Å². The van der Waals surface area contributed by atoms with E-state index in [0.29, 0.717) is 10.8 Å². The van der Waals surface area contributed by atoms with Gasteiger partial charge >= 0.3 is 6.18 Å². The molecule has 0 aliphatic carbocycles. The van der Waals surface area contributed by atoms with Crippen molar-refractivity contribution >= 4 is 22.5 Å². The van der Waals surface area contributed by atoms with Gasteiger partial charge in [0.15, 0.2) is 5.69 Å². The van der Waals surface area contributed by atoms with Crippen molar-refractivity contribution < 1.29 is 23.0 Å². The molecule has 9 heteroatoms. The molecule has 0 amide bonds. The second-order valence-electron chi connectivity index (χ2n) is 5.32. The van der Waals surface area contributed by atoms with Crippen molar-refractivity contribution in [2.24, 2.45) is 0 Å². The molecule has 132 valence electrons. The van der Waals surface area contributed by atoms with E-state index in [1.54, 1.807) is 24.3 Å². The molecule has 0 fully saturated rings. The molecule has 5 nitrogen and oxygen atoms in total. The highest BCUT2D eigenvalue weighted by molar-refractivity contribution is 6.32. The van der Waals surface area contributed by atoms with E-state index in [9.17, 15) is 18.3 Å². The Morgan fingerprint density at radius 1 is 1.24 bits per heavy atom. The van der Waals surface area contributed by atoms with E-state index in [1.165, 1.54) is 12.3 Å². The zero-order chi connectivity index (χ0) is 18.0. The predicted molar refractivity (Wildman–Crippen MR) is 85.5 cm³/mol. The highest BCUT2D eigenvalue weighted by Crippen LogP contribution is 2.33. The third-order valence-electron chi connectivity index (χ3n) is 3.47. The molecule has 0 unspecified atom stereocenters. The fraction of sp³-hybridized carbons (Fsp3) is 0.250. The average molecular weight is 372 g/mol. The normalized spacial score (nSPS) is 13.2. The van der Waals surface area contributed by atoms with Crippen LogP contribution in [-0.2, 0) is 12.7 Å². The van der Waals surface area contributed by atoms with Gasteiger partial charge in [-0.15, -0.1) is 0 Å². The van der Waals surface area contributed by atoms with E-state index in [1.807, 2.05) is 0 Å². The number of aromatic nitrogens is 3. The summed E-state index contributed by atoms with van der Waals surface area (Å²) in [5, 5.41) is 13.9. The number of para-hydroxylation sites is 1. The largest absolute Gasteiger partial charge is 0.489 e. The summed E-state index contributed by atoms with van der Waals surface area (Å²) in [6, 6.07) is 8.13. The molecule has 0 radical (unpaired) electrons. The van der Waals surface area contributed by atoms with Crippen LogP contribution in [0.25, 0.3) is 10.9 Å². The van der Waals surface area contributed by atoms with Gasteiger partial charge in [0.1, 0.15) is 18.5 Å². The molecule has 3 aromatic rings. The maximum Gasteiger partial charge on any atom is 0.435 e. The van der Waals surface area contributed by atoms with Gasteiger partial charge in [-0.1, -0.05) is 23.7 Å². The standard InChI is InChI=1S/C16H13ClF3N3O2/c17-12-3-1-2-4-14(12)25-9-10(24)8-23-13-5-6-21-7-11(13)15(22-23)16(18,19)20/h1-7,10,24H,8-9H2/t10-/m0/s1. The number of nitrogens with zero attached hydrogens (tertiary/aromatic N) is 3. The second kappa shape index (κ2) is 6.89. The summed E-state index contributed by atoms with van der Waals surface area (Å²) >= 11 is 5.94. The Balaban J connectivity index is 1.77. The van der Waals surface area contributed by atoms with Crippen LogP contribution in [0, 0.1) is 0 Å². The number of ether oxygens (including phenoxy) is 1. The van der Waals surface area contributed by atoms with E-state index >= 15 is 0 Å². The van der Waals surface area contributed by atoms with Crippen LogP contribution in [0.3, 0.4) is 0 Å². The van der Waals surface area contributed by atoms with Gasteiger partial charge in [0.05, 0.1) is 22.5 Å². The fourth-order valence-corrected chi connectivity index (χ4v) is 2.56. The first-order valence-corrected chi connectivity index (χ1v) is 7.67. The van der Waals surface area contributed by atoms with Crippen LogP contribution < -0.4 is 4.74 Å². The summed E-state index contributed by atoms with van der Waals surface area (Å²) in [6.07, 6.45) is -3.21. The van der Waals surface area contributed by atoms with E-state index in [-0.39, 0.29) is 24.1 Å². The maximum absolute atomic E-state index is 13.1. The molecule has 0 aliphatic heterocycles. The molecule has 0 saturated carbocycles. The minimum atomic E-state index is -4.61. The van der Waals surface area contributed by atoms with Crippen LogP contribution in [0.1, 0.15) is 5.69 Å². The topological polar surface area (TPSA) is 60.2 Å². The molecule has 3 rings (SSSR count). The van der Waals surface area contributed by atoms with Crippen molar-refractivity contribution in [3.8, 4) is 5.75 Å². The summed E-state index contributed by atoms with van der Waals surface area (Å²) in [5.74, 6) is 0.383.